The second-order valence-electron chi connectivity index (χ2n) is 9.97. The van der Waals surface area contributed by atoms with Gasteiger partial charge in [0.15, 0.2) is 29.2 Å². The summed E-state index contributed by atoms with van der Waals surface area (Å²) in [6.07, 6.45) is -3.66. The van der Waals surface area contributed by atoms with Gasteiger partial charge in [0.25, 0.3) is 5.85 Å². The van der Waals surface area contributed by atoms with Gasteiger partial charge in [-0.05, 0) is 46.8 Å². The summed E-state index contributed by atoms with van der Waals surface area (Å²) in [5.74, 6) is -4.20. The first-order chi connectivity index (χ1) is 19.7. The van der Waals surface area contributed by atoms with E-state index in [0.717, 1.165) is 17.8 Å². The Morgan fingerprint density at radius 1 is 1.26 bits per heavy atom. The predicted octanol–water partition coefficient (Wildman–Crippen LogP) is 3.22. The summed E-state index contributed by atoms with van der Waals surface area (Å²) in [4.78, 5) is 24.5. The van der Waals surface area contributed by atoms with Crippen molar-refractivity contribution in [3.8, 4) is 11.6 Å². The molecule has 0 amide bonds. The Bertz CT molecular complexity index is 1460. The van der Waals surface area contributed by atoms with E-state index in [9.17, 15) is 14.5 Å². The maximum atomic E-state index is 16.2. The van der Waals surface area contributed by atoms with Crippen molar-refractivity contribution in [2.45, 2.75) is 70.6 Å². The van der Waals surface area contributed by atoms with E-state index in [1.165, 1.54) is 19.1 Å². The molecule has 14 nitrogen and oxygen atoms in total. The van der Waals surface area contributed by atoms with Crippen molar-refractivity contribution in [1.82, 2.24) is 24.6 Å². The van der Waals surface area contributed by atoms with Crippen LogP contribution in [0.15, 0.2) is 36.7 Å². The lowest BCUT2D eigenvalue weighted by Crippen LogP contribution is -2.47. The number of benzene rings is 1. The summed E-state index contributed by atoms with van der Waals surface area (Å²) < 4.78 is 73.7. The number of alkyl halides is 2. The Kier molecular flexibility index (Phi) is 9.04. The molecule has 0 bridgehead atoms. The van der Waals surface area contributed by atoms with Crippen molar-refractivity contribution in [2.24, 2.45) is 0 Å². The maximum Gasteiger partial charge on any atom is 0.459 e. The fourth-order valence-corrected chi connectivity index (χ4v) is 5.69. The number of esters is 1. The molecule has 1 aromatic carbocycles. The zero-order chi connectivity index (χ0) is 30.9. The summed E-state index contributed by atoms with van der Waals surface area (Å²) in [6, 6.07) is 6.50. The number of carbonyl (C=O) groups excluding carboxylic acids is 1. The van der Waals surface area contributed by atoms with Gasteiger partial charge in [0.2, 0.25) is 11.8 Å². The standard InChI is InChI=1S/C25H33F2N6O8P/c1-6-37-19-17-18(30-23(28)31-19)33(13-29-17)22-24(5,26)21(35)25(27,40-22)12-38-42(36,41-16-10-8-7-9-11-16)32-15(4)20(34)39-14(2)3/h7-11,13-15,21-22,35H,6,12H2,1-5H3,(H,32,36)(H2,28,30,31)/t15?,21-,22?,24+,25+,42?/m0/s1. The van der Waals surface area contributed by atoms with Crippen LogP contribution in [0.3, 0.4) is 0 Å². The summed E-state index contributed by atoms with van der Waals surface area (Å²) in [5.41, 5.74) is 3.03. The summed E-state index contributed by atoms with van der Waals surface area (Å²) in [5, 5.41) is 13.2. The van der Waals surface area contributed by atoms with Crippen LogP contribution in [0, 0.1) is 0 Å². The molecule has 1 fully saturated rings. The number of aliphatic hydroxyl groups is 1. The van der Waals surface area contributed by atoms with Gasteiger partial charge < -0.3 is 29.6 Å². The van der Waals surface area contributed by atoms with Gasteiger partial charge in [-0.3, -0.25) is 13.9 Å². The Morgan fingerprint density at radius 3 is 2.60 bits per heavy atom. The first-order valence-corrected chi connectivity index (χ1v) is 14.6. The van der Waals surface area contributed by atoms with E-state index in [2.05, 4.69) is 20.0 Å². The number of nitrogens with two attached hydrogens (primary N) is 1. The van der Waals surface area contributed by atoms with Crippen molar-refractivity contribution in [2.75, 3.05) is 18.9 Å². The topological polar surface area (TPSA) is 182 Å². The van der Waals surface area contributed by atoms with E-state index in [1.807, 2.05) is 0 Å². The highest BCUT2D eigenvalue weighted by Crippen LogP contribution is 2.52. The number of hydrogen-bond donors (Lipinski definition) is 3. The molecule has 0 spiro atoms. The molecular formula is C25H33F2N6O8P. The number of fused-ring (bicyclic) bond motifs is 1. The summed E-state index contributed by atoms with van der Waals surface area (Å²) in [7, 11) is -4.58. The number of carbonyl (C=O) groups is 1. The average molecular weight is 615 g/mol. The largest absolute Gasteiger partial charge is 0.476 e. The minimum atomic E-state index is -4.58. The first-order valence-electron chi connectivity index (χ1n) is 13.0. The molecule has 230 valence electrons. The van der Waals surface area contributed by atoms with Gasteiger partial charge in [0.1, 0.15) is 18.4 Å². The second kappa shape index (κ2) is 12.1. The van der Waals surface area contributed by atoms with E-state index in [1.54, 1.807) is 39.0 Å². The highest BCUT2D eigenvalue weighted by molar-refractivity contribution is 7.52. The number of hydrogen-bond acceptors (Lipinski definition) is 12. The minimum Gasteiger partial charge on any atom is -0.476 e. The second-order valence-corrected chi connectivity index (χ2v) is 11.7. The van der Waals surface area contributed by atoms with Gasteiger partial charge in [-0.25, -0.2) is 18.3 Å². The molecule has 6 atom stereocenters. The van der Waals surface area contributed by atoms with E-state index >= 15 is 8.78 Å². The Hall–Kier alpha value is -3.43. The molecular weight excluding hydrogens is 581 g/mol. The number of aliphatic hydroxyl groups excluding tert-OH is 1. The van der Waals surface area contributed by atoms with Crippen molar-refractivity contribution in [3.63, 3.8) is 0 Å². The van der Waals surface area contributed by atoms with E-state index in [-0.39, 0.29) is 35.3 Å². The molecule has 42 heavy (non-hydrogen) atoms. The molecule has 17 heteroatoms. The van der Waals surface area contributed by atoms with Crippen LogP contribution in [0.25, 0.3) is 11.2 Å². The molecule has 2 aromatic heterocycles. The zero-order valence-corrected chi connectivity index (χ0v) is 24.5. The molecule has 0 aliphatic carbocycles. The van der Waals surface area contributed by atoms with Crippen LogP contribution in [0.2, 0.25) is 0 Å². The molecule has 0 saturated carbocycles. The van der Waals surface area contributed by atoms with Crippen molar-refractivity contribution >= 4 is 30.8 Å². The van der Waals surface area contributed by atoms with Crippen LogP contribution in [-0.4, -0.2) is 73.6 Å². The van der Waals surface area contributed by atoms with Gasteiger partial charge in [-0.1, -0.05) is 18.2 Å². The number of nitrogens with one attached hydrogen (secondary N) is 1. The van der Waals surface area contributed by atoms with Crippen molar-refractivity contribution < 1.29 is 46.5 Å². The van der Waals surface area contributed by atoms with Gasteiger partial charge in [-0.2, -0.15) is 15.1 Å². The molecule has 1 aliphatic heterocycles. The number of rotatable bonds is 12. The molecule has 1 saturated heterocycles. The number of nitrogen functional groups attached to an aromatic ring is 1. The van der Waals surface area contributed by atoms with Gasteiger partial charge in [-0.15, -0.1) is 0 Å². The number of para-hydroxylation sites is 1. The monoisotopic (exact) mass is 614 g/mol. The van der Waals surface area contributed by atoms with E-state index in [4.69, 9.17) is 29.0 Å². The molecule has 1 aliphatic rings. The fraction of sp³-hybridized carbons (Fsp3) is 0.520. The quantitative estimate of drug-likeness (QED) is 0.200. The lowest BCUT2D eigenvalue weighted by Gasteiger charge is -2.28. The highest BCUT2D eigenvalue weighted by Gasteiger charge is 2.65. The normalized spacial score (nSPS) is 26.2. The third-order valence-electron chi connectivity index (χ3n) is 6.13. The number of imidazole rings is 1. The Labute approximate surface area is 240 Å². The summed E-state index contributed by atoms with van der Waals surface area (Å²) >= 11 is 0. The molecule has 3 unspecified atom stereocenters. The van der Waals surface area contributed by atoms with Crippen LogP contribution in [0.5, 0.6) is 11.6 Å². The third-order valence-corrected chi connectivity index (χ3v) is 7.75. The SMILES string of the molecule is CCOc1nc(N)nc2c1ncn2C1O[C@](F)(COP(=O)(NC(C)C(=O)OC(C)C)Oc2ccccc2)[C@@H](O)[C@@]1(C)F. The molecule has 4 N–H and O–H groups in total. The predicted molar refractivity (Wildman–Crippen MR) is 145 cm³/mol. The Balaban J connectivity index is 1.61. The molecule has 3 aromatic rings. The lowest BCUT2D eigenvalue weighted by atomic mass is 9.97. The van der Waals surface area contributed by atoms with Crippen molar-refractivity contribution in [1.29, 1.82) is 0 Å². The number of aromatic nitrogens is 4. The van der Waals surface area contributed by atoms with Gasteiger partial charge in [0.05, 0.1) is 19.0 Å². The number of nitrogens with zero attached hydrogens (tertiary/aromatic N) is 4. The third kappa shape index (κ3) is 6.47. The van der Waals surface area contributed by atoms with Crippen LogP contribution >= 0.6 is 7.75 Å². The van der Waals surface area contributed by atoms with Crippen LogP contribution in [0.4, 0.5) is 14.7 Å². The minimum absolute atomic E-state index is 0.0166. The number of anilines is 1. The van der Waals surface area contributed by atoms with Gasteiger partial charge in [0, 0.05) is 0 Å². The lowest BCUT2D eigenvalue weighted by molar-refractivity contribution is -0.202. The van der Waals surface area contributed by atoms with E-state index in [0.29, 0.717) is 0 Å². The average Bonchev–Trinajstić information content (AvgIpc) is 3.40. The molecule has 3 heterocycles. The highest BCUT2D eigenvalue weighted by atomic mass is 31.2. The van der Waals surface area contributed by atoms with Crippen LogP contribution < -0.4 is 20.1 Å². The maximum absolute atomic E-state index is 16.2. The molecule has 4 rings (SSSR count). The summed E-state index contributed by atoms with van der Waals surface area (Å²) in [6.45, 7) is 6.14. The Morgan fingerprint density at radius 2 is 1.95 bits per heavy atom. The zero-order valence-electron chi connectivity index (χ0n) is 23.6. The van der Waals surface area contributed by atoms with Crippen molar-refractivity contribution in [3.05, 3.63) is 36.7 Å². The smallest absolute Gasteiger partial charge is 0.459 e. The van der Waals surface area contributed by atoms with Gasteiger partial charge >= 0.3 is 13.7 Å². The first kappa shape index (κ1) is 31.5. The fourth-order valence-electron chi connectivity index (χ4n) is 4.19. The van der Waals surface area contributed by atoms with Crippen LogP contribution in [0.1, 0.15) is 40.8 Å². The van der Waals surface area contributed by atoms with Crippen LogP contribution in [-0.2, 0) is 23.4 Å². The van der Waals surface area contributed by atoms with E-state index < -0.39 is 56.3 Å². The molecule has 0 radical (unpaired) electrons. The number of ether oxygens (including phenoxy) is 3. The number of halogens is 2.